The molecule has 20 heavy (non-hydrogen) atoms. The molecular formula is C16H25NO3. The number of methoxy groups -OCH3 is 1. The number of nitrogens with one attached hydrogen (secondary N) is 1. The van der Waals surface area contributed by atoms with Crippen molar-refractivity contribution in [3.8, 4) is 5.75 Å². The molecule has 112 valence electrons. The van der Waals surface area contributed by atoms with Gasteiger partial charge in [-0.3, -0.25) is 5.32 Å². The highest BCUT2D eigenvalue weighted by Gasteiger charge is 2.34. The maximum atomic E-state index is 12.0. The first-order valence-electron chi connectivity index (χ1n) is 6.99. The van der Waals surface area contributed by atoms with Crippen molar-refractivity contribution in [1.29, 1.82) is 0 Å². The van der Waals surface area contributed by atoms with Gasteiger partial charge in [-0.05, 0) is 37.9 Å². The summed E-state index contributed by atoms with van der Waals surface area (Å²) in [6.07, 6.45) is 0.998. The van der Waals surface area contributed by atoms with Crippen LogP contribution >= 0.6 is 0 Å². The summed E-state index contributed by atoms with van der Waals surface area (Å²) in [5.74, 6) is 1.02. The molecule has 0 aromatic heterocycles. The first-order chi connectivity index (χ1) is 9.48. The van der Waals surface area contributed by atoms with E-state index in [2.05, 4.69) is 19.2 Å². The van der Waals surface area contributed by atoms with Crippen LogP contribution in [0.3, 0.4) is 0 Å². The molecule has 0 fully saturated rings. The average molecular weight is 279 g/mol. The Bertz CT molecular complexity index is 405. The molecule has 0 saturated carbocycles. The highest BCUT2D eigenvalue weighted by Crippen LogP contribution is 2.14. The van der Waals surface area contributed by atoms with Gasteiger partial charge in [0, 0.05) is 0 Å². The lowest BCUT2D eigenvalue weighted by Crippen LogP contribution is -2.55. The van der Waals surface area contributed by atoms with Gasteiger partial charge in [0.1, 0.15) is 17.9 Å². The van der Waals surface area contributed by atoms with E-state index in [1.165, 1.54) is 7.11 Å². The van der Waals surface area contributed by atoms with Gasteiger partial charge in [-0.1, -0.05) is 32.0 Å². The fourth-order valence-electron chi connectivity index (χ4n) is 1.79. The Labute approximate surface area is 121 Å². The van der Waals surface area contributed by atoms with E-state index in [-0.39, 0.29) is 12.6 Å². The Morgan fingerprint density at radius 1 is 1.30 bits per heavy atom. The Balaban J connectivity index is 2.61. The monoisotopic (exact) mass is 279 g/mol. The molecule has 0 amide bonds. The maximum Gasteiger partial charge on any atom is 0.329 e. The molecule has 1 N–H and O–H groups in total. The van der Waals surface area contributed by atoms with Crippen LogP contribution in [0, 0.1) is 5.92 Å². The largest absolute Gasteiger partial charge is 0.491 e. The second-order valence-electron chi connectivity index (χ2n) is 5.53. The summed E-state index contributed by atoms with van der Waals surface area (Å²) in [6.45, 7) is 7.10. The van der Waals surface area contributed by atoms with Crippen molar-refractivity contribution < 1.29 is 14.3 Å². The lowest BCUT2D eigenvalue weighted by atomic mass is 10.0. The van der Waals surface area contributed by atoms with Crippen LogP contribution in [-0.4, -0.2) is 31.8 Å². The summed E-state index contributed by atoms with van der Waals surface area (Å²) in [5.41, 5.74) is -0.834. The van der Waals surface area contributed by atoms with Crippen molar-refractivity contribution in [1.82, 2.24) is 5.32 Å². The van der Waals surface area contributed by atoms with Crippen LogP contribution in [0.2, 0.25) is 0 Å². The second-order valence-corrected chi connectivity index (χ2v) is 5.53. The molecule has 0 spiro atoms. The highest BCUT2D eigenvalue weighted by atomic mass is 16.5. The number of hydrogen-bond donors (Lipinski definition) is 1. The molecule has 1 atom stereocenters. The van der Waals surface area contributed by atoms with Crippen molar-refractivity contribution in [3.63, 3.8) is 0 Å². The van der Waals surface area contributed by atoms with Crippen molar-refractivity contribution >= 4 is 5.97 Å². The smallest absolute Gasteiger partial charge is 0.329 e. The zero-order chi connectivity index (χ0) is 15.0. The first kappa shape index (κ1) is 16.5. The molecule has 0 heterocycles. The summed E-state index contributed by atoms with van der Waals surface area (Å²) in [7, 11) is 1.40. The number of ether oxygens (including phenoxy) is 2. The van der Waals surface area contributed by atoms with Crippen LogP contribution in [0.1, 0.15) is 27.2 Å². The minimum absolute atomic E-state index is 0.238. The van der Waals surface area contributed by atoms with E-state index in [0.29, 0.717) is 5.92 Å². The zero-order valence-electron chi connectivity index (χ0n) is 12.8. The Hall–Kier alpha value is -1.55. The lowest BCUT2D eigenvalue weighted by Gasteiger charge is -2.28. The van der Waals surface area contributed by atoms with Crippen LogP contribution in [0.4, 0.5) is 0 Å². The Kier molecular flexibility index (Phi) is 6.52. The van der Waals surface area contributed by atoms with Gasteiger partial charge in [-0.2, -0.15) is 0 Å². The predicted molar refractivity (Wildman–Crippen MR) is 79.8 cm³/mol. The molecule has 0 aliphatic carbocycles. The van der Waals surface area contributed by atoms with Crippen LogP contribution in [0.5, 0.6) is 5.75 Å². The van der Waals surface area contributed by atoms with E-state index in [4.69, 9.17) is 9.47 Å². The van der Waals surface area contributed by atoms with Gasteiger partial charge < -0.3 is 9.47 Å². The van der Waals surface area contributed by atoms with Gasteiger partial charge in [0.15, 0.2) is 0 Å². The first-order valence-corrected chi connectivity index (χ1v) is 6.99. The number of para-hydroxylation sites is 1. The molecular weight excluding hydrogens is 254 g/mol. The van der Waals surface area contributed by atoms with Gasteiger partial charge >= 0.3 is 5.97 Å². The number of benzene rings is 1. The van der Waals surface area contributed by atoms with E-state index < -0.39 is 5.54 Å². The average Bonchev–Trinajstić information content (AvgIpc) is 2.45. The van der Waals surface area contributed by atoms with Crippen LogP contribution in [0.25, 0.3) is 0 Å². The number of carbonyl (C=O) groups is 1. The summed E-state index contributed by atoms with van der Waals surface area (Å²) in [5, 5.41) is 3.25. The van der Waals surface area contributed by atoms with E-state index in [1.807, 2.05) is 37.3 Å². The van der Waals surface area contributed by atoms with Crippen LogP contribution in [0.15, 0.2) is 30.3 Å². The summed E-state index contributed by atoms with van der Waals surface area (Å²) < 4.78 is 10.6. The Morgan fingerprint density at radius 2 is 1.95 bits per heavy atom. The van der Waals surface area contributed by atoms with Crippen molar-refractivity contribution in [3.05, 3.63) is 30.3 Å². The fraction of sp³-hybridized carbons (Fsp3) is 0.562. The number of esters is 1. The molecule has 0 bridgehead atoms. The minimum Gasteiger partial charge on any atom is -0.491 e. The molecule has 1 aromatic carbocycles. The molecule has 4 nitrogen and oxygen atoms in total. The van der Waals surface area contributed by atoms with Gasteiger partial charge in [0.25, 0.3) is 0 Å². The molecule has 1 rings (SSSR count). The van der Waals surface area contributed by atoms with Crippen LogP contribution < -0.4 is 10.1 Å². The lowest BCUT2D eigenvalue weighted by molar-refractivity contribution is -0.149. The van der Waals surface area contributed by atoms with Gasteiger partial charge in [-0.15, -0.1) is 0 Å². The topological polar surface area (TPSA) is 47.6 Å². The molecule has 1 aromatic rings. The minimum atomic E-state index is -0.834. The Morgan fingerprint density at radius 3 is 2.50 bits per heavy atom. The standard InChI is InChI=1S/C16H25NO3/c1-13(2)10-11-17-16(3,15(18)19-4)12-20-14-8-6-5-7-9-14/h5-9,13,17H,10-12H2,1-4H3. The van der Waals surface area contributed by atoms with E-state index in [9.17, 15) is 4.79 Å². The molecule has 0 radical (unpaired) electrons. The quantitative estimate of drug-likeness (QED) is 0.743. The third-order valence-corrected chi connectivity index (χ3v) is 3.14. The van der Waals surface area contributed by atoms with Gasteiger partial charge in [0.2, 0.25) is 0 Å². The third-order valence-electron chi connectivity index (χ3n) is 3.14. The zero-order valence-corrected chi connectivity index (χ0v) is 12.8. The molecule has 0 saturated heterocycles. The van der Waals surface area contributed by atoms with Crippen molar-refractivity contribution in [2.24, 2.45) is 5.92 Å². The molecule has 1 unspecified atom stereocenters. The van der Waals surface area contributed by atoms with E-state index in [0.717, 1.165) is 18.7 Å². The normalized spacial score (nSPS) is 13.8. The summed E-state index contributed by atoms with van der Waals surface area (Å²) in [6, 6.07) is 9.46. The molecule has 0 aliphatic heterocycles. The summed E-state index contributed by atoms with van der Waals surface area (Å²) >= 11 is 0. The van der Waals surface area contributed by atoms with Gasteiger partial charge in [-0.25, -0.2) is 4.79 Å². The second kappa shape index (κ2) is 7.90. The summed E-state index contributed by atoms with van der Waals surface area (Å²) in [4.78, 5) is 12.0. The maximum absolute atomic E-state index is 12.0. The predicted octanol–water partition coefficient (Wildman–Crippen LogP) is 2.63. The number of carbonyl (C=O) groups excluding carboxylic acids is 1. The van der Waals surface area contributed by atoms with E-state index >= 15 is 0 Å². The van der Waals surface area contributed by atoms with Crippen LogP contribution in [-0.2, 0) is 9.53 Å². The van der Waals surface area contributed by atoms with Crippen molar-refractivity contribution in [2.75, 3.05) is 20.3 Å². The van der Waals surface area contributed by atoms with Crippen molar-refractivity contribution in [2.45, 2.75) is 32.7 Å². The number of hydrogen-bond acceptors (Lipinski definition) is 4. The number of rotatable bonds is 8. The molecule has 0 aliphatic rings. The molecule has 4 heteroatoms. The van der Waals surface area contributed by atoms with Gasteiger partial charge in [0.05, 0.1) is 7.11 Å². The SMILES string of the molecule is COC(=O)C(C)(COc1ccccc1)NCCC(C)C. The highest BCUT2D eigenvalue weighted by molar-refractivity contribution is 5.80. The third kappa shape index (κ3) is 5.21. The fourth-order valence-corrected chi connectivity index (χ4v) is 1.79. The van der Waals surface area contributed by atoms with E-state index in [1.54, 1.807) is 0 Å².